The third-order valence-corrected chi connectivity index (χ3v) is 5.21. The van der Waals surface area contributed by atoms with Gasteiger partial charge in [0, 0.05) is 22.6 Å². The van der Waals surface area contributed by atoms with E-state index in [0.29, 0.717) is 41.4 Å². The second kappa shape index (κ2) is 9.59. The van der Waals surface area contributed by atoms with Crippen LogP contribution >= 0.6 is 0 Å². The summed E-state index contributed by atoms with van der Waals surface area (Å²) in [5, 5.41) is 0. The number of ether oxygens (including phenoxy) is 3. The van der Waals surface area contributed by atoms with Gasteiger partial charge in [-0.25, -0.2) is 8.78 Å². The fourth-order valence-electron chi connectivity index (χ4n) is 3.52. The van der Waals surface area contributed by atoms with Crippen molar-refractivity contribution in [2.24, 2.45) is 5.92 Å². The van der Waals surface area contributed by atoms with E-state index in [1.807, 2.05) is 6.92 Å². The summed E-state index contributed by atoms with van der Waals surface area (Å²) in [4.78, 5) is 0. The highest BCUT2D eigenvalue weighted by Gasteiger charge is 2.22. The molecule has 3 nitrogen and oxygen atoms in total. The summed E-state index contributed by atoms with van der Waals surface area (Å²) in [6.45, 7) is 4.86. The van der Waals surface area contributed by atoms with Gasteiger partial charge in [-0.05, 0) is 36.2 Å². The van der Waals surface area contributed by atoms with E-state index in [1.165, 1.54) is 24.5 Å². The number of halogens is 3. The van der Waals surface area contributed by atoms with Gasteiger partial charge in [0.25, 0.3) is 0 Å². The first-order valence-electron chi connectivity index (χ1n) is 10.4. The van der Waals surface area contributed by atoms with Crippen LogP contribution < -0.4 is 4.74 Å². The van der Waals surface area contributed by atoms with E-state index in [2.05, 4.69) is 0 Å². The molecular weight excluding hydrogens is 417 g/mol. The number of rotatable bonds is 5. The molecule has 166 valence electrons. The van der Waals surface area contributed by atoms with E-state index in [4.69, 9.17) is 14.2 Å². The van der Waals surface area contributed by atoms with Crippen molar-refractivity contribution in [3.05, 3.63) is 90.0 Å². The fourth-order valence-corrected chi connectivity index (χ4v) is 3.52. The van der Waals surface area contributed by atoms with E-state index in [-0.39, 0.29) is 11.3 Å². The fraction of sp³-hybridized carbons (Fsp3) is 0.231. The molecule has 0 saturated carbocycles. The highest BCUT2D eigenvalue weighted by molar-refractivity contribution is 5.71. The summed E-state index contributed by atoms with van der Waals surface area (Å²) >= 11 is 0. The Bertz CT molecular complexity index is 1120. The molecule has 1 fully saturated rings. The molecule has 3 aromatic carbocycles. The number of hydrogen-bond donors (Lipinski definition) is 0. The van der Waals surface area contributed by atoms with Crippen LogP contribution in [-0.2, 0) is 9.47 Å². The summed E-state index contributed by atoms with van der Waals surface area (Å²) in [5.41, 5.74) is 2.20. The molecule has 0 spiro atoms. The minimum absolute atomic E-state index is 0.0959. The molecule has 0 N–H and O–H groups in total. The molecule has 32 heavy (non-hydrogen) atoms. The Kier molecular flexibility index (Phi) is 6.63. The van der Waals surface area contributed by atoms with E-state index in [1.54, 1.807) is 49.4 Å². The Morgan fingerprint density at radius 1 is 0.844 bits per heavy atom. The number of hydrogen-bond acceptors (Lipinski definition) is 3. The van der Waals surface area contributed by atoms with Gasteiger partial charge in [-0.2, -0.15) is 4.39 Å². The zero-order chi connectivity index (χ0) is 22.7. The largest absolute Gasteiger partial charge is 0.462 e. The predicted octanol–water partition coefficient (Wildman–Crippen LogP) is 7.03. The first-order valence-corrected chi connectivity index (χ1v) is 10.4. The summed E-state index contributed by atoms with van der Waals surface area (Å²) in [6.07, 6.45) is 2.28. The van der Waals surface area contributed by atoms with E-state index in [9.17, 15) is 13.2 Å². The molecule has 0 bridgehead atoms. The van der Waals surface area contributed by atoms with Crippen LogP contribution in [0.15, 0.2) is 66.9 Å². The van der Waals surface area contributed by atoms with Gasteiger partial charge in [0.15, 0.2) is 17.9 Å². The van der Waals surface area contributed by atoms with Crippen LogP contribution in [0.5, 0.6) is 5.75 Å². The third-order valence-electron chi connectivity index (χ3n) is 5.21. The third kappa shape index (κ3) is 4.56. The smallest absolute Gasteiger partial charge is 0.201 e. The Labute approximate surface area is 185 Å². The van der Waals surface area contributed by atoms with Crippen molar-refractivity contribution in [1.29, 1.82) is 0 Å². The van der Waals surface area contributed by atoms with Crippen LogP contribution in [0.2, 0.25) is 0 Å². The van der Waals surface area contributed by atoms with E-state index in [0.717, 1.165) is 0 Å². The van der Waals surface area contributed by atoms with Crippen molar-refractivity contribution in [2.45, 2.75) is 20.1 Å². The number of benzene rings is 3. The van der Waals surface area contributed by atoms with Crippen molar-refractivity contribution in [3.8, 4) is 28.0 Å². The lowest BCUT2D eigenvalue weighted by Crippen LogP contribution is -2.25. The lowest BCUT2D eigenvalue weighted by atomic mass is 9.98. The summed E-state index contributed by atoms with van der Waals surface area (Å²) in [6, 6.07) is 14.3. The maximum Gasteiger partial charge on any atom is 0.201 e. The van der Waals surface area contributed by atoms with Gasteiger partial charge in [0.05, 0.1) is 19.5 Å². The lowest BCUT2D eigenvalue weighted by molar-refractivity contribution is -0.202. The first-order chi connectivity index (χ1) is 15.5. The Balaban J connectivity index is 1.56. The van der Waals surface area contributed by atoms with Crippen molar-refractivity contribution in [1.82, 2.24) is 0 Å². The van der Waals surface area contributed by atoms with Gasteiger partial charge in [-0.15, -0.1) is 0 Å². The maximum absolute atomic E-state index is 14.8. The van der Waals surface area contributed by atoms with Crippen molar-refractivity contribution < 1.29 is 27.4 Å². The lowest BCUT2D eigenvalue weighted by Gasteiger charge is -2.27. The average molecular weight is 440 g/mol. The molecule has 0 unspecified atom stereocenters. The molecule has 0 radical (unpaired) electrons. The van der Waals surface area contributed by atoms with E-state index >= 15 is 0 Å². The molecule has 0 atom stereocenters. The molecule has 4 rings (SSSR count). The SMILES string of the molecule is CC=COc1ccc(-c2ccc(-c3ccc(C4OCC(C)CO4)cc3F)cc2)c(F)c1F. The van der Waals surface area contributed by atoms with Crippen LogP contribution in [0.4, 0.5) is 13.2 Å². The van der Waals surface area contributed by atoms with Crippen LogP contribution in [0.1, 0.15) is 25.7 Å². The highest BCUT2D eigenvalue weighted by atomic mass is 19.2. The minimum Gasteiger partial charge on any atom is -0.462 e. The molecule has 0 aliphatic carbocycles. The molecular formula is C26H23F3O3. The Morgan fingerprint density at radius 2 is 1.47 bits per heavy atom. The molecule has 1 saturated heterocycles. The van der Waals surface area contributed by atoms with Gasteiger partial charge in [-0.1, -0.05) is 49.4 Å². The molecule has 1 heterocycles. The Hall–Kier alpha value is -3.09. The summed E-state index contributed by atoms with van der Waals surface area (Å²) < 4.78 is 59.9. The standard InChI is InChI=1S/C26H23F3O3/c1-3-12-30-23-11-10-21(24(28)25(23)29)18-6-4-17(5-7-18)20-9-8-19(13-22(20)27)26-31-14-16(2)15-32-26/h3-13,16,26H,14-15H2,1-2H3. The van der Waals surface area contributed by atoms with Gasteiger partial charge in [0.1, 0.15) is 5.82 Å². The van der Waals surface area contributed by atoms with Gasteiger partial charge < -0.3 is 14.2 Å². The Morgan fingerprint density at radius 3 is 2.09 bits per heavy atom. The van der Waals surface area contributed by atoms with Gasteiger partial charge in [0.2, 0.25) is 5.82 Å². The van der Waals surface area contributed by atoms with Gasteiger partial charge in [-0.3, -0.25) is 0 Å². The molecule has 1 aliphatic rings. The summed E-state index contributed by atoms with van der Waals surface area (Å²) in [7, 11) is 0. The average Bonchev–Trinajstić information content (AvgIpc) is 2.81. The van der Waals surface area contributed by atoms with Crippen molar-refractivity contribution in [3.63, 3.8) is 0 Å². The summed E-state index contributed by atoms with van der Waals surface area (Å²) in [5.74, 6) is -2.36. The van der Waals surface area contributed by atoms with Gasteiger partial charge >= 0.3 is 0 Å². The van der Waals surface area contributed by atoms with Crippen LogP contribution in [-0.4, -0.2) is 13.2 Å². The maximum atomic E-state index is 14.8. The van der Waals surface area contributed by atoms with Crippen molar-refractivity contribution >= 4 is 0 Å². The molecule has 6 heteroatoms. The zero-order valence-electron chi connectivity index (χ0n) is 17.8. The topological polar surface area (TPSA) is 27.7 Å². The van der Waals surface area contributed by atoms with Crippen LogP contribution in [0.3, 0.4) is 0 Å². The van der Waals surface area contributed by atoms with Crippen LogP contribution in [0.25, 0.3) is 22.3 Å². The normalized spacial score (nSPS) is 18.8. The molecule has 0 aromatic heterocycles. The molecule has 0 amide bonds. The second-order valence-electron chi connectivity index (χ2n) is 7.75. The highest BCUT2D eigenvalue weighted by Crippen LogP contribution is 2.33. The van der Waals surface area contributed by atoms with Crippen LogP contribution in [0, 0.1) is 23.4 Å². The minimum atomic E-state index is -1.06. The predicted molar refractivity (Wildman–Crippen MR) is 116 cm³/mol. The first kappa shape index (κ1) is 22.1. The second-order valence-corrected chi connectivity index (χ2v) is 7.75. The molecule has 3 aromatic rings. The van der Waals surface area contributed by atoms with Crippen molar-refractivity contribution in [2.75, 3.05) is 13.2 Å². The monoisotopic (exact) mass is 440 g/mol. The van der Waals surface area contributed by atoms with E-state index < -0.39 is 23.7 Å². The number of allylic oxidation sites excluding steroid dienone is 1. The quantitative estimate of drug-likeness (QED) is 0.399. The molecule has 1 aliphatic heterocycles. The zero-order valence-corrected chi connectivity index (χ0v) is 17.8.